The normalized spacial score (nSPS) is 12.5. The van der Waals surface area contributed by atoms with Crippen LogP contribution in [0.3, 0.4) is 0 Å². The van der Waals surface area contributed by atoms with Crippen molar-refractivity contribution in [1.29, 1.82) is 0 Å². The van der Waals surface area contributed by atoms with Gasteiger partial charge in [-0.25, -0.2) is 4.79 Å². The molecule has 1 unspecified atom stereocenters. The zero-order chi connectivity index (χ0) is 12.8. The number of amides is 1. The standard InChI is InChI=1S/C10H17NO5/c1-10(2,3)16-9(14)11-7(6-12)5-8(13)15-4/h6-7H,5H2,1-4H3,(H,11,14). The van der Waals surface area contributed by atoms with Crippen molar-refractivity contribution in [3.63, 3.8) is 0 Å². The van der Waals surface area contributed by atoms with Gasteiger partial charge < -0.3 is 19.6 Å². The summed E-state index contributed by atoms with van der Waals surface area (Å²) in [6.07, 6.45) is -0.492. The number of rotatable bonds is 4. The predicted octanol–water partition coefficient (Wildman–Crippen LogP) is 0.642. The minimum absolute atomic E-state index is 0.209. The smallest absolute Gasteiger partial charge is 0.408 e. The van der Waals surface area contributed by atoms with Crippen molar-refractivity contribution in [3.05, 3.63) is 0 Å². The van der Waals surface area contributed by atoms with Gasteiger partial charge in [0.05, 0.1) is 19.6 Å². The predicted molar refractivity (Wildman–Crippen MR) is 55.9 cm³/mol. The topological polar surface area (TPSA) is 81.7 Å². The van der Waals surface area contributed by atoms with Crippen molar-refractivity contribution >= 4 is 18.3 Å². The average molecular weight is 231 g/mol. The highest BCUT2D eigenvalue weighted by molar-refractivity contribution is 5.79. The van der Waals surface area contributed by atoms with Crippen LogP contribution in [0.15, 0.2) is 0 Å². The van der Waals surface area contributed by atoms with Gasteiger partial charge in [-0.15, -0.1) is 0 Å². The Bertz CT molecular complexity index is 269. The van der Waals surface area contributed by atoms with Crippen LogP contribution in [0, 0.1) is 0 Å². The van der Waals surface area contributed by atoms with Crippen molar-refractivity contribution < 1.29 is 23.9 Å². The summed E-state index contributed by atoms with van der Waals surface area (Å²) in [6, 6.07) is -0.928. The van der Waals surface area contributed by atoms with Crippen LogP contribution in [-0.4, -0.2) is 37.1 Å². The average Bonchev–Trinajstić information content (AvgIpc) is 2.13. The van der Waals surface area contributed by atoms with Crippen LogP contribution in [-0.2, 0) is 19.1 Å². The zero-order valence-electron chi connectivity index (χ0n) is 9.90. The van der Waals surface area contributed by atoms with Crippen LogP contribution in [0.4, 0.5) is 4.79 Å². The molecule has 0 aromatic rings. The SMILES string of the molecule is COC(=O)CC(C=O)NC(=O)OC(C)(C)C. The molecule has 0 spiro atoms. The summed E-state index contributed by atoms with van der Waals surface area (Å²) in [5, 5.41) is 2.26. The number of carbonyl (C=O) groups excluding carboxylic acids is 3. The molecule has 0 aliphatic rings. The fraction of sp³-hybridized carbons (Fsp3) is 0.700. The van der Waals surface area contributed by atoms with Crippen LogP contribution in [0.25, 0.3) is 0 Å². The number of nitrogens with one attached hydrogen (secondary N) is 1. The van der Waals surface area contributed by atoms with E-state index in [2.05, 4.69) is 10.1 Å². The molecule has 0 radical (unpaired) electrons. The van der Waals surface area contributed by atoms with Gasteiger partial charge >= 0.3 is 12.1 Å². The molecule has 0 saturated heterocycles. The molecule has 0 aromatic carbocycles. The first kappa shape index (κ1) is 14.4. The van der Waals surface area contributed by atoms with Gasteiger partial charge in [-0.1, -0.05) is 0 Å². The molecule has 0 heterocycles. The van der Waals surface area contributed by atoms with Gasteiger partial charge in [0.2, 0.25) is 0 Å². The number of aldehydes is 1. The highest BCUT2D eigenvalue weighted by Crippen LogP contribution is 2.06. The maximum atomic E-state index is 11.3. The molecule has 0 bridgehead atoms. The Morgan fingerprint density at radius 3 is 2.31 bits per heavy atom. The van der Waals surface area contributed by atoms with E-state index in [9.17, 15) is 14.4 Å². The first-order valence-electron chi connectivity index (χ1n) is 4.80. The second-order valence-corrected chi connectivity index (χ2v) is 4.17. The molecule has 6 heteroatoms. The van der Waals surface area contributed by atoms with Crippen LogP contribution in [0.2, 0.25) is 0 Å². The Morgan fingerprint density at radius 1 is 1.38 bits per heavy atom. The molecule has 0 fully saturated rings. The van der Waals surface area contributed by atoms with Gasteiger partial charge in [0.15, 0.2) is 0 Å². The molecule has 92 valence electrons. The number of esters is 1. The molecule has 0 aromatic heterocycles. The highest BCUT2D eigenvalue weighted by atomic mass is 16.6. The van der Waals surface area contributed by atoms with Crippen LogP contribution < -0.4 is 5.32 Å². The lowest BCUT2D eigenvalue weighted by molar-refractivity contribution is -0.141. The number of methoxy groups -OCH3 is 1. The third-order valence-corrected chi connectivity index (χ3v) is 1.48. The monoisotopic (exact) mass is 231 g/mol. The maximum Gasteiger partial charge on any atom is 0.408 e. The lowest BCUT2D eigenvalue weighted by Gasteiger charge is -2.21. The molecule has 1 N–H and O–H groups in total. The van der Waals surface area contributed by atoms with Gasteiger partial charge in [-0.3, -0.25) is 4.79 Å². The zero-order valence-corrected chi connectivity index (χ0v) is 9.90. The van der Waals surface area contributed by atoms with Crippen LogP contribution in [0.5, 0.6) is 0 Å². The molecule has 1 atom stereocenters. The van der Waals surface area contributed by atoms with E-state index in [1.165, 1.54) is 7.11 Å². The molecular weight excluding hydrogens is 214 g/mol. The van der Waals surface area contributed by atoms with Gasteiger partial charge in [-0.2, -0.15) is 0 Å². The van der Waals surface area contributed by atoms with E-state index < -0.39 is 23.7 Å². The fourth-order valence-corrected chi connectivity index (χ4v) is 0.855. The van der Waals surface area contributed by atoms with Gasteiger partial charge in [-0.05, 0) is 20.8 Å². The lowest BCUT2D eigenvalue weighted by atomic mass is 10.2. The Hall–Kier alpha value is -1.59. The maximum absolute atomic E-state index is 11.3. The van der Waals surface area contributed by atoms with Crippen molar-refractivity contribution in [1.82, 2.24) is 5.32 Å². The Kier molecular flexibility index (Phi) is 5.49. The molecule has 0 aliphatic heterocycles. The van der Waals surface area contributed by atoms with E-state index >= 15 is 0 Å². The molecule has 16 heavy (non-hydrogen) atoms. The van der Waals surface area contributed by atoms with E-state index in [-0.39, 0.29) is 6.42 Å². The van der Waals surface area contributed by atoms with E-state index in [1.54, 1.807) is 20.8 Å². The van der Waals surface area contributed by atoms with Crippen LogP contribution in [0.1, 0.15) is 27.2 Å². The molecule has 1 amide bonds. The summed E-state index contributed by atoms with van der Waals surface area (Å²) < 4.78 is 9.30. The Labute approximate surface area is 94.3 Å². The largest absolute Gasteiger partial charge is 0.469 e. The minimum atomic E-state index is -0.928. The first-order chi connectivity index (χ1) is 7.28. The highest BCUT2D eigenvalue weighted by Gasteiger charge is 2.20. The van der Waals surface area contributed by atoms with E-state index in [0.29, 0.717) is 6.29 Å². The lowest BCUT2D eigenvalue weighted by Crippen LogP contribution is -2.41. The van der Waals surface area contributed by atoms with Crippen LogP contribution >= 0.6 is 0 Å². The molecule has 6 nitrogen and oxygen atoms in total. The number of hydrogen-bond donors (Lipinski definition) is 1. The quantitative estimate of drug-likeness (QED) is 0.567. The summed E-state index contributed by atoms with van der Waals surface area (Å²) in [6.45, 7) is 5.09. The summed E-state index contributed by atoms with van der Waals surface area (Å²) in [5.74, 6) is -0.576. The molecule has 0 rings (SSSR count). The third kappa shape index (κ3) is 6.80. The summed E-state index contributed by atoms with van der Waals surface area (Å²) >= 11 is 0. The number of carbonyl (C=O) groups is 3. The van der Waals surface area contributed by atoms with Crippen molar-refractivity contribution in [2.45, 2.75) is 38.8 Å². The first-order valence-corrected chi connectivity index (χ1v) is 4.80. The minimum Gasteiger partial charge on any atom is -0.469 e. The van der Waals surface area contributed by atoms with Crippen molar-refractivity contribution in [3.8, 4) is 0 Å². The van der Waals surface area contributed by atoms with E-state index in [4.69, 9.17) is 4.74 Å². The molecular formula is C10H17NO5. The summed E-state index contributed by atoms with van der Waals surface area (Å²) in [5.41, 5.74) is -0.650. The summed E-state index contributed by atoms with van der Waals surface area (Å²) in [4.78, 5) is 32.7. The van der Waals surface area contributed by atoms with Gasteiger partial charge in [0.1, 0.15) is 11.9 Å². The van der Waals surface area contributed by atoms with Gasteiger partial charge in [0.25, 0.3) is 0 Å². The van der Waals surface area contributed by atoms with E-state index in [1.807, 2.05) is 0 Å². The molecule has 0 saturated carbocycles. The number of ether oxygens (including phenoxy) is 2. The third-order valence-electron chi connectivity index (χ3n) is 1.48. The van der Waals surface area contributed by atoms with Crippen molar-refractivity contribution in [2.24, 2.45) is 0 Å². The Balaban J connectivity index is 4.17. The second-order valence-electron chi connectivity index (χ2n) is 4.17. The van der Waals surface area contributed by atoms with Crippen molar-refractivity contribution in [2.75, 3.05) is 7.11 Å². The summed E-state index contributed by atoms with van der Waals surface area (Å²) in [7, 11) is 1.21. The second kappa shape index (κ2) is 6.09. The Morgan fingerprint density at radius 2 is 1.94 bits per heavy atom. The van der Waals surface area contributed by atoms with E-state index in [0.717, 1.165) is 0 Å². The van der Waals surface area contributed by atoms with Gasteiger partial charge in [0, 0.05) is 0 Å². The number of hydrogen-bond acceptors (Lipinski definition) is 5. The molecule has 0 aliphatic carbocycles. The number of alkyl carbamates (subject to hydrolysis) is 1. The fourth-order valence-electron chi connectivity index (χ4n) is 0.855.